The van der Waals surface area contributed by atoms with Gasteiger partial charge in [0, 0.05) is 12.3 Å². The quantitative estimate of drug-likeness (QED) is 0.830. The van der Waals surface area contributed by atoms with Crippen LogP contribution in [-0.2, 0) is 10.0 Å². The maximum atomic E-state index is 12.1. The van der Waals surface area contributed by atoms with Crippen LogP contribution in [0.5, 0.6) is 5.75 Å². The summed E-state index contributed by atoms with van der Waals surface area (Å²) in [6, 6.07) is 11.4. The molecule has 5 nitrogen and oxygen atoms in total. The van der Waals surface area contributed by atoms with Crippen molar-refractivity contribution in [1.82, 2.24) is 4.98 Å². The van der Waals surface area contributed by atoms with Gasteiger partial charge in [0.1, 0.15) is 12.4 Å². The molecule has 1 aromatic heterocycles. The van der Waals surface area contributed by atoms with E-state index in [1.165, 1.54) is 12.3 Å². The Morgan fingerprint density at radius 3 is 2.80 bits per heavy atom. The second kappa shape index (κ2) is 6.21. The molecular formula is C14H14N2O3S. The van der Waals surface area contributed by atoms with Gasteiger partial charge in [0.2, 0.25) is 0 Å². The molecule has 0 atom stereocenters. The maximum absolute atomic E-state index is 12.1. The highest BCUT2D eigenvalue weighted by Gasteiger charge is 2.15. The van der Waals surface area contributed by atoms with Crippen molar-refractivity contribution in [3.8, 4) is 5.75 Å². The third-order valence-corrected chi connectivity index (χ3v) is 3.66. The van der Waals surface area contributed by atoms with E-state index >= 15 is 0 Å². The maximum Gasteiger partial charge on any atom is 0.279 e. The minimum Gasteiger partial charge on any atom is -0.489 e. The number of nitrogens with zero attached hydrogens (tertiary/aromatic N) is 1. The van der Waals surface area contributed by atoms with Crippen molar-refractivity contribution in [3.63, 3.8) is 0 Å². The number of nitrogens with one attached hydrogen (secondary N) is 1. The van der Waals surface area contributed by atoms with Gasteiger partial charge in [0.05, 0.1) is 5.69 Å². The van der Waals surface area contributed by atoms with E-state index in [9.17, 15) is 8.42 Å². The normalized spacial score (nSPS) is 10.8. The number of rotatable bonds is 6. The zero-order chi connectivity index (χ0) is 14.4. The van der Waals surface area contributed by atoms with Crippen LogP contribution in [0.3, 0.4) is 0 Å². The van der Waals surface area contributed by atoms with Gasteiger partial charge >= 0.3 is 0 Å². The first-order chi connectivity index (χ1) is 9.62. The molecule has 6 heteroatoms. The van der Waals surface area contributed by atoms with Gasteiger partial charge in [0.25, 0.3) is 10.0 Å². The second-order valence-corrected chi connectivity index (χ2v) is 5.53. The Kier molecular flexibility index (Phi) is 4.37. The molecule has 0 spiro atoms. The monoisotopic (exact) mass is 290 g/mol. The number of hydrogen-bond acceptors (Lipinski definition) is 4. The fourth-order valence-corrected chi connectivity index (χ4v) is 2.52. The lowest BCUT2D eigenvalue weighted by Crippen LogP contribution is -2.14. The summed E-state index contributed by atoms with van der Waals surface area (Å²) in [5.41, 5.74) is 0.414. The molecule has 0 unspecified atom stereocenters. The van der Waals surface area contributed by atoms with Crippen LogP contribution < -0.4 is 9.46 Å². The fourth-order valence-electron chi connectivity index (χ4n) is 1.52. The van der Waals surface area contributed by atoms with Gasteiger partial charge in [-0.2, -0.15) is 8.42 Å². The van der Waals surface area contributed by atoms with Gasteiger partial charge < -0.3 is 4.74 Å². The summed E-state index contributed by atoms with van der Waals surface area (Å²) in [4.78, 5) is 3.82. The van der Waals surface area contributed by atoms with Crippen LogP contribution in [0.15, 0.2) is 66.3 Å². The van der Waals surface area contributed by atoms with Crippen molar-refractivity contribution in [2.75, 3.05) is 11.3 Å². The summed E-state index contributed by atoms with van der Waals surface area (Å²) in [6.45, 7) is 3.91. The lowest BCUT2D eigenvalue weighted by Gasteiger charge is -2.09. The Hall–Kier alpha value is -2.34. The van der Waals surface area contributed by atoms with Gasteiger partial charge in [-0.15, -0.1) is 0 Å². The molecule has 0 saturated carbocycles. The minimum atomic E-state index is -3.69. The molecule has 0 radical (unpaired) electrons. The molecule has 1 N–H and O–H groups in total. The van der Waals surface area contributed by atoms with E-state index in [-0.39, 0.29) is 5.03 Å². The van der Waals surface area contributed by atoms with Crippen LogP contribution in [0, 0.1) is 0 Å². The zero-order valence-corrected chi connectivity index (χ0v) is 11.5. The highest BCUT2D eigenvalue weighted by atomic mass is 32.2. The fraction of sp³-hybridized carbons (Fsp3) is 0.0714. The van der Waals surface area contributed by atoms with Crippen LogP contribution >= 0.6 is 0 Å². The number of benzene rings is 1. The van der Waals surface area contributed by atoms with Crippen molar-refractivity contribution < 1.29 is 13.2 Å². The van der Waals surface area contributed by atoms with E-state index in [4.69, 9.17) is 4.74 Å². The SMILES string of the molecule is C=CCOc1cccc(NS(=O)(=O)c2ccccn2)c1. The van der Waals surface area contributed by atoms with Gasteiger partial charge in [-0.25, -0.2) is 4.98 Å². The second-order valence-electron chi connectivity index (χ2n) is 3.90. The highest BCUT2D eigenvalue weighted by Crippen LogP contribution is 2.20. The number of pyridine rings is 1. The predicted octanol–water partition coefficient (Wildman–Crippen LogP) is 2.45. The van der Waals surface area contributed by atoms with Crippen molar-refractivity contribution in [1.29, 1.82) is 0 Å². The summed E-state index contributed by atoms with van der Waals surface area (Å²) in [5.74, 6) is 0.561. The van der Waals surface area contributed by atoms with Gasteiger partial charge in [-0.1, -0.05) is 24.8 Å². The number of sulfonamides is 1. The van der Waals surface area contributed by atoms with Crippen molar-refractivity contribution in [2.45, 2.75) is 5.03 Å². The van der Waals surface area contributed by atoms with Crippen LogP contribution in [0.2, 0.25) is 0 Å². The van der Waals surface area contributed by atoms with E-state index < -0.39 is 10.0 Å². The van der Waals surface area contributed by atoms with Crippen molar-refractivity contribution >= 4 is 15.7 Å². The van der Waals surface area contributed by atoms with E-state index in [1.54, 1.807) is 42.5 Å². The Morgan fingerprint density at radius 1 is 1.25 bits per heavy atom. The first-order valence-corrected chi connectivity index (χ1v) is 7.38. The molecule has 0 saturated heterocycles. The molecule has 0 aliphatic heterocycles. The number of hydrogen-bond donors (Lipinski definition) is 1. The van der Waals surface area contributed by atoms with Gasteiger partial charge in [-0.3, -0.25) is 4.72 Å². The first-order valence-electron chi connectivity index (χ1n) is 5.89. The molecule has 0 aliphatic carbocycles. The molecule has 1 heterocycles. The first kappa shape index (κ1) is 14.1. The number of aromatic nitrogens is 1. The van der Waals surface area contributed by atoms with Gasteiger partial charge in [-0.05, 0) is 24.3 Å². The molecule has 0 amide bonds. The summed E-state index contributed by atoms with van der Waals surface area (Å²) >= 11 is 0. The number of anilines is 1. The van der Waals surface area contributed by atoms with Crippen LogP contribution in [-0.4, -0.2) is 20.0 Å². The Labute approximate surface area is 118 Å². The molecule has 104 valence electrons. The minimum absolute atomic E-state index is 0.0302. The summed E-state index contributed by atoms with van der Waals surface area (Å²) in [7, 11) is -3.69. The molecular weight excluding hydrogens is 276 g/mol. The van der Waals surface area contributed by atoms with Crippen LogP contribution in [0.4, 0.5) is 5.69 Å². The molecule has 20 heavy (non-hydrogen) atoms. The van der Waals surface area contributed by atoms with E-state index in [0.29, 0.717) is 18.0 Å². The van der Waals surface area contributed by atoms with E-state index in [1.807, 2.05) is 0 Å². The van der Waals surface area contributed by atoms with Gasteiger partial charge in [0.15, 0.2) is 5.03 Å². The molecule has 0 aliphatic rings. The smallest absolute Gasteiger partial charge is 0.279 e. The third kappa shape index (κ3) is 3.58. The summed E-state index contributed by atoms with van der Waals surface area (Å²) in [6.07, 6.45) is 3.04. The Balaban J connectivity index is 2.19. The average molecular weight is 290 g/mol. The lowest BCUT2D eigenvalue weighted by atomic mass is 10.3. The number of ether oxygens (including phenoxy) is 1. The van der Waals surface area contributed by atoms with E-state index in [0.717, 1.165) is 0 Å². The molecule has 1 aromatic carbocycles. The molecule has 2 rings (SSSR count). The van der Waals surface area contributed by atoms with E-state index in [2.05, 4.69) is 16.3 Å². The van der Waals surface area contributed by atoms with Crippen molar-refractivity contribution in [2.24, 2.45) is 0 Å². The zero-order valence-electron chi connectivity index (χ0n) is 10.7. The van der Waals surface area contributed by atoms with Crippen LogP contribution in [0.25, 0.3) is 0 Å². The highest BCUT2D eigenvalue weighted by molar-refractivity contribution is 7.92. The predicted molar refractivity (Wildman–Crippen MR) is 77.2 cm³/mol. The molecule has 2 aromatic rings. The van der Waals surface area contributed by atoms with Crippen molar-refractivity contribution in [3.05, 3.63) is 61.3 Å². The topological polar surface area (TPSA) is 68.3 Å². The third-order valence-electron chi connectivity index (χ3n) is 2.37. The summed E-state index contributed by atoms with van der Waals surface area (Å²) in [5, 5.41) is -0.0302. The Morgan fingerprint density at radius 2 is 2.10 bits per heavy atom. The summed E-state index contributed by atoms with van der Waals surface area (Å²) < 4.78 is 32.0. The molecule has 0 fully saturated rings. The largest absolute Gasteiger partial charge is 0.489 e. The lowest BCUT2D eigenvalue weighted by molar-refractivity contribution is 0.363. The Bertz CT molecular complexity index is 685. The molecule has 0 bridgehead atoms. The standard InChI is InChI=1S/C14H14N2O3S/c1-2-10-19-13-7-5-6-12(11-13)16-20(17,18)14-8-3-4-9-15-14/h2-9,11,16H,1,10H2. The van der Waals surface area contributed by atoms with Crippen LogP contribution in [0.1, 0.15) is 0 Å². The average Bonchev–Trinajstić information content (AvgIpc) is 2.46.